The molecule has 0 spiro atoms. The van der Waals surface area contributed by atoms with E-state index in [-0.39, 0.29) is 11.9 Å². The van der Waals surface area contributed by atoms with Crippen LogP contribution in [0.3, 0.4) is 0 Å². The highest BCUT2D eigenvalue weighted by molar-refractivity contribution is 5.72. The third kappa shape index (κ3) is 5.85. The van der Waals surface area contributed by atoms with Crippen molar-refractivity contribution in [1.82, 2.24) is 0 Å². The molecule has 25 heavy (non-hydrogen) atoms. The fourth-order valence-electron chi connectivity index (χ4n) is 3.68. The van der Waals surface area contributed by atoms with Crippen molar-refractivity contribution in [2.75, 3.05) is 6.61 Å². The summed E-state index contributed by atoms with van der Waals surface area (Å²) in [6, 6.07) is 8.46. The zero-order valence-corrected chi connectivity index (χ0v) is 15.9. The van der Waals surface area contributed by atoms with Gasteiger partial charge in [-0.05, 0) is 56.1 Å². The van der Waals surface area contributed by atoms with Crippen LogP contribution in [-0.4, -0.2) is 17.7 Å². The predicted molar refractivity (Wildman–Crippen MR) is 101 cm³/mol. The Morgan fingerprint density at radius 3 is 2.36 bits per heavy atom. The Hall–Kier alpha value is -1.35. The summed E-state index contributed by atoms with van der Waals surface area (Å²) in [7, 11) is 0. The van der Waals surface area contributed by atoms with Crippen molar-refractivity contribution >= 4 is 5.97 Å². The number of aryl methyl sites for hydroxylation is 1. The van der Waals surface area contributed by atoms with Crippen molar-refractivity contribution in [1.29, 1.82) is 0 Å². The van der Waals surface area contributed by atoms with E-state index < -0.39 is 5.60 Å². The number of carbonyl (C=O) groups excluding carboxylic acids is 1. The lowest BCUT2D eigenvalue weighted by atomic mass is 9.75. The van der Waals surface area contributed by atoms with Crippen LogP contribution in [0.5, 0.6) is 0 Å². The van der Waals surface area contributed by atoms with Gasteiger partial charge in [-0.25, -0.2) is 0 Å². The number of esters is 1. The molecule has 1 aromatic rings. The second-order valence-electron chi connectivity index (χ2n) is 7.48. The van der Waals surface area contributed by atoms with E-state index in [2.05, 4.69) is 31.2 Å². The molecule has 140 valence electrons. The molecule has 1 saturated carbocycles. The molecule has 0 radical (unpaired) electrons. The molecule has 3 nitrogen and oxygen atoms in total. The van der Waals surface area contributed by atoms with Gasteiger partial charge in [-0.2, -0.15) is 0 Å². The molecule has 0 heterocycles. The molecule has 0 amide bonds. The SMILES string of the molecule is CCCCCCc1ccc(C2(O)CCC(C(=O)OCCC)CC2)cc1. The Balaban J connectivity index is 1.85. The molecule has 1 aliphatic carbocycles. The Labute approximate surface area is 152 Å². The molecule has 1 N–H and O–H groups in total. The van der Waals surface area contributed by atoms with Crippen LogP contribution in [0.2, 0.25) is 0 Å². The lowest BCUT2D eigenvalue weighted by molar-refractivity contribution is -0.151. The molecule has 3 heteroatoms. The quantitative estimate of drug-likeness (QED) is 0.497. The van der Waals surface area contributed by atoms with Gasteiger partial charge in [-0.3, -0.25) is 4.79 Å². The van der Waals surface area contributed by atoms with E-state index in [0.717, 1.165) is 18.4 Å². The highest BCUT2D eigenvalue weighted by atomic mass is 16.5. The number of ether oxygens (including phenoxy) is 1. The van der Waals surface area contributed by atoms with Crippen LogP contribution >= 0.6 is 0 Å². The lowest BCUT2D eigenvalue weighted by Crippen LogP contribution is -2.34. The zero-order valence-electron chi connectivity index (χ0n) is 15.9. The summed E-state index contributed by atoms with van der Waals surface area (Å²) >= 11 is 0. The van der Waals surface area contributed by atoms with E-state index in [0.29, 0.717) is 32.3 Å². The molecule has 0 atom stereocenters. The number of carbonyl (C=O) groups is 1. The summed E-state index contributed by atoms with van der Waals surface area (Å²) in [4.78, 5) is 12.0. The van der Waals surface area contributed by atoms with Gasteiger partial charge in [-0.15, -0.1) is 0 Å². The van der Waals surface area contributed by atoms with Crippen LogP contribution < -0.4 is 0 Å². The summed E-state index contributed by atoms with van der Waals surface area (Å²) < 4.78 is 5.25. The van der Waals surface area contributed by atoms with Crippen molar-refractivity contribution in [2.24, 2.45) is 5.92 Å². The smallest absolute Gasteiger partial charge is 0.308 e. The van der Waals surface area contributed by atoms with Gasteiger partial charge in [0.2, 0.25) is 0 Å². The van der Waals surface area contributed by atoms with Crippen molar-refractivity contribution < 1.29 is 14.6 Å². The normalized spacial score (nSPS) is 23.4. The Morgan fingerprint density at radius 2 is 1.76 bits per heavy atom. The van der Waals surface area contributed by atoms with Gasteiger partial charge in [0.15, 0.2) is 0 Å². The molecule has 0 aliphatic heterocycles. The van der Waals surface area contributed by atoms with Gasteiger partial charge in [0, 0.05) is 0 Å². The minimum atomic E-state index is -0.789. The van der Waals surface area contributed by atoms with Crippen LogP contribution in [0.15, 0.2) is 24.3 Å². The second kappa shape index (κ2) is 9.96. The highest BCUT2D eigenvalue weighted by Crippen LogP contribution is 2.40. The molecule has 0 bridgehead atoms. The van der Waals surface area contributed by atoms with Gasteiger partial charge in [0.25, 0.3) is 0 Å². The first-order valence-electron chi connectivity index (χ1n) is 10.1. The van der Waals surface area contributed by atoms with Crippen LogP contribution in [-0.2, 0) is 21.6 Å². The lowest BCUT2D eigenvalue weighted by Gasteiger charge is -2.35. The molecule has 2 rings (SSSR count). The largest absolute Gasteiger partial charge is 0.465 e. The molecule has 1 aliphatic rings. The van der Waals surface area contributed by atoms with Crippen LogP contribution in [0.1, 0.15) is 82.8 Å². The Bertz CT molecular complexity index is 513. The summed E-state index contributed by atoms with van der Waals surface area (Å²) in [5.74, 6) is -0.143. The second-order valence-corrected chi connectivity index (χ2v) is 7.48. The number of rotatable bonds is 9. The molecule has 0 unspecified atom stereocenters. The molecular weight excluding hydrogens is 312 g/mol. The first-order valence-corrected chi connectivity index (χ1v) is 10.1. The number of hydrogen-bond acceptors (Lipinski definition) is 3. The minimum absolute atomic E-state index is 0.0512. The first kappa shape index (κ1) is 20.0. The van der Waals surface area contributed by atoms with Crippen LogP contribution in [0, 0.1) is 5.92 Å². The molecule has 1 fully saturated rings. The summed E-state index contributed by atoms with van der Waals surface area (Å²) in [5, 5.41) is 11.0. The minimum Gasteiger partial charge on any atom is -0.465 e. The summed E-state index contributed by atoms with van der Waals surface area (Å²) in [6.45, 7) is 4.73. The maximum absolute atomic E-state index is 12.0. The Morgan fingerprint density at radius 1 is 1.08 bits per heavy atom. The fourth-order valence-corrected chi connectivity index (χ4v) is 3.68. The summed E-state index contributed by atoms with van der Waals surface area (Å²) in [5.41, 5.74) is 1.55. The van der Waals surface area contributed by atoms with Crippen LogP contribution in [0.4, 0.5) is 0 Å². The topological polar surface area (TPSA) is 46.5 Å². The van der Waals surface area contributed by atoms with Gasteiger partial charge in [0.05, 0.1) is 18.1 Å². The average molecular weight is 347 g/mol. The zero-order chi connectivity index (χ0) is 18.1. The van der Waals surface area contributed by atoms with Crippen molar-refractivity contribution in [3.8, 4) is 0 Å². The Kier molecular flexibility index (Phi) is 7.95. The van der Waals surface area contributed by atoms with Gasteiger partial charge < -0.3 is 9.84 Å². The van der Waals surface area contributed by atoms with Crippen molar-refractivity contribution in [3.63, 3.8) is 0 Å². The van der Waals surface area contributed by atoms with Crippen molar-refractivity contribution in [3.05, 3.63) is 35.4 Å². The maximum atomic E-state index is 12.0. The van der Waals surface area contributed by atoms with E-state index in [1.807, 2.05) is 6.92 Å². The fraction of sp³-hybridized carbons (Fsp3) is 0.682. The molecular formula is C22H34O3. The van der Waals surface area contributed by atoms with E-state index in [9.17, 15) is 9.90 Å². The number of hydrogen-bond donors (Lipinski definition) is 1. The molecule has 1 aromatic carbocycles. The predicted octanol–water partition coefficient (Wildman–Crippen LogP) is 5.14. The van der Waals surface area contributed by atoms with E-state index in [4.69, 9.17) is 4.74 Å². The van der Waals surface area contributed by atoms with E-state index in [1.54, 1.807) is 0 Å². The summed E-state index contributed by atoms with van der Waals surface area (Å²) in [6.07, 6.45) is 9.74. The van der Waals surface area contributed by atoms with Gasteiger partial charge in [-0.1, -0.05) is 57.4 Å². The molecule has 0 aromatic heterocycles. The van der Waals surface area contributed by atoms with Gasteiger partial charge in [0.1, 0.15) is 0 Å². The number of unbranched alkanes of at least 4 members (excludes halogenated alkanes) is 3. The monoisotopic (exact) mass is 346 g/mol. The average Bonchev–Trinajstić information content (AvgIpc) is 2.64. The van der Waals surface area contributed by atoms with E-state index >= 15 is 0 Å². The maximum Gasteiger partial charge on any atom is 0.308 e. The van der Waals surface area contributed by atoms with Crippen molar-refractivity contribution in [2.45, 2.75) is 83.7 Å². The third-order valence-electron chi connectivity index (χ3n) is 5.40. The third-order valence-corrected chi connectivity index (χ3v) is 5.40. The standard InChI is InChI=1S/C22H34O3/c1-3-5-6-7-8-18-9-11-20(12-10-18)22(24)15-13-19(14-16-22)21(23)25-17-4-2/h9-12,19,24H,3-8,13-17H2,1-2H3. The first-order chi connectivity index (χ1) is 12.1. The van der Waals surface area contributed by atoms with E-state index in [1.165, 1.54) is 31.2 Å². The highest BCUT2D eigenvalue weighted by Gasteiger charge is 2.37. The number of benzene rings is 1. The number of aliphatic hydroxyl groups is 1. The van der Waals surface area contributed by atoms with Crippen LogP contribution in [0.25, 0.3) is 0 Å². The molecule has 0 saturated heterocycles. The van der Waals surface area contributed by atoms with Gasteiger partial charge >= 0.3 is 5.97 Å².